The third-order valence-corrected chi connectivity index (χ3v) is 4.66. The number of hydrogen-bond acceptors (Lipinski definition) is 4. The van der Waals surface area contributed by atoms with Crippen molar-refractivity contribution in [2.75, 3.05) is 23.8 Å². The zero-order chi connectivity index (χ0) is 18.6. The van der Waals surface area contributed by atoms with Crippen LogP contribution in [0, 0.1) is 0 Å². The molecule has 0 aromatic heterocycles. The summed E-state index contributed by atoms with van der Waals surface area (Å²) in [6.07, 6.45) is 3.59. The molecule has 1 aliphatic rings. The van der Waals surface area contributed by atoms with Crippen molar-refractivity contribution in [1.82, 2.24) is 5.43 Å². The normalized spacial score (nSPS) is 16.7. The molecule has 0 bridgehead atoms. The highest BCUT2D eigenvalue weighted by molar-refractivity contribution is 5.83. The van der Waals surface area contributed by atoms with Crippen LogP contribution in [-0.4, -0.2) is 25.7 Å². The highest BCUT2D eigenvalue weighted by Gasteiger charge is 2.37. The number of allylic oxidation sites excluding steroid dienone is 2. The number of anilines is 2. The van der Waals surface area contributed by atoms with Gasteiger partial charge in [-0.25, -0.2) is 5.43 Å². The van der Waals surface area contributed by atoms with Gasteiger partial charge in [-0.3, -0.25) is 4.79 Å². The van der Waals surface area contributed by atoms with E-state index in [-0.39, 0.29) is 17.9 Å². The SMILES string of the molecule is CN1/C(=C\C=N/NC(=O)CNc2ccccc2)C(C)(C)c2ccccc21. The third-order valence-electron chi connectivity index (χ3n) is 4.66. The first-order valence-electron chi connectivity index (χ1n) is 8.65. The number of para-hydroxylation sites is 2. The van der Waals surface area contributed by atoms with Gasteiger partial charge in [0.2, 0.25) is 0 Å². The molecule has 0 unspecified atom stereocenters. The molecular weight excluding hydrogens is 324 g/mol. The van der Waals surface area contributed by atoms with E-state index in [1.807, 2.05) is 42.5 Å². The molecule has 0 aliphatic carbocycles. The largest absolute Gasteiger partial charge is 0.376 e. The first-order valence-corrected chi connectivity index (χ1v) is 8.65. The standard InChI is InChI=1S/C21H24N4O/c1-21(2)17-11-7-8-12-18(17)25(3)19(21)13-14-23-24-20(26)15-22-16-9-5-4-6-10-16/h4-14,22H,15H2,1-3H3,(H,24,26)/b19-13-,23-14-. The molecule has 5 heteroatoms. The Morgan fingerprint density at radius 3 is 2.54 bits per heavy atom. The minimum absolute atomic E-state index is 0.101. The summed E-state index contributed by atoms with van der Waals surface area (Å²) in [5.74, 6) is -0.189. The molecule has 1 heterocycles. The van der Waals surface area contributed by atoms with Crippen molar-refractivity contribution in [1.29, 1.82) is 0 Å². The van der Waals surface area contributed by atoms with E-state index < -0.39 is 0 Å². The number of benzene rings is 2. The third kappa shape index (κ3) is 3.61. The van der Waals surface area contributed by atoms with Gasteiger partial charge in [0, 0.05) is 35.7 Å². The Kier molecular flexibility index (Phi) is 5.07. The molecule has 1 aliphatic heterocycles. The maximum atomic E-state index is 11.9. The zero-order valence-corrected chi connectivity index (χ0v) is 15.4. The van der Waals surface area contributed by atoms with Crippen molar-refractivity contribution in [3.05, 3.63) is 71.9 Å². The van der Waals surface area contributed by atoms with Crippen LogP contribution in [0.1, 0.15) is 19.4 Å². The van der Waals surface area contributed by atoms with Gasteiger partial charge in [-0.05, 0) is 29.8 Å². The number of nitrogens with one attached hydrogen (secondary N) is 2. The highest BCUT2D eigenvalue weighted by Crippen LogP contribution is 2.46. The fraction of sp³-hybridized carbons (Fsp3) is 0.238. The molecule has 2 aromatic rings. The summed E-state index contributed by atoms with van der Waals surface area (Å²) in [7, 11) is 2.05. The molecule has 0 saturated carbocycles. The summed E-state index contributed by atoms with van der Waals surface area (Å²) < 4.78 is 0. The quantitative estimate of drug-likeness (QED) is 0.642. The minimum Gasteiger partial charge on any atom is -0.376 e. The van der Waals surface area contributed by atoms with Crippen LogP contribution in [-0.2, 0) is 10.2 Å². The molecule has 1 amide bonds. The van der Waals surface area contributed by atoms with E-state index in [1.165, 1.54) is 11.3 Å². The van der Waals surface area contributed by atoms with E-state index in [9.17, 15) is 4.79 Å². The maximum absolute atomic E-state index is 11.9. The van der Waals surface area contributed by atoms with Crippen LogP contribution in [0.25, 0.3) is 0 Å². The van der Waals surface area contributed by atoms with E-state index in [0.717, 1.165) is 11.4 Å². The topological polar surface area (TPSA) is 56.7 Å². The number of amides is 1. The molecule has 0 fully saturated rings. The van der Waals surface area contributed by atoms with E-state index in [1.54, 1.807) is 6.21 Å². The van der Waals surface area contributed by atoms with Crippen LogP contribution < -0.4 is 15.6 Å². The van der Waals surface area contributed by atoms with Gasteiger partial charge in [0.15, 0.2) is 0 Å². The van der Waals surface area contributed by atoms with Crippen LogP contribution in [0.4, 0.5) is 11.4 Å². The molecule has 0 radical (unpaired) electrons. The van der Waals surface area contributed by atoms with E-state index in [2.05, 4.69) is 59.8 Å². The number of carbonyl (C=O) groups excluding carboxylic acids is 1. The number of hydrazone groups is 1. The Labute approximate surface area is 154 Å². The van der Waals surface area contributed by atoms with Gasteiger partial charge in [0.1, 0.15) is 0 Å². The van der Waals surface area contributed by atoms with E-state index in [4.69, 9.17) is 0 Å². The van der Waals surface area contributed by atoms with Gasteiger partial charge in [0.05, 0.1) is 6.54 Å². The van der Waals surface area contributed by atoms with Crippen molar-refractivity contribution >= 4 is 23.5 Å². The summed E-state index contributed by atoms with van der Waals surface area (Å²) in [5.41, 5.74) is 6.98. The molecule has 2 N–H and O–H groups in total. The predicted molar refractivity (Wildman–Crippen MR) is 108 cm³/mol. The van der Waals surface area contributed by atoms with Gasteiger partial charge in [-0.15, -0.1) is 0 Å². The number of hydrogen-bond donors (Lipinski definition) is 2. The molecule has 26 heavy (non-hydrogen) atoms. The van der Waals surface area contributed by atoms with E-state index >= 15 is 0 Å². The van der Waals surface area contributed by atoms with Crippen LogP contribution in [0.2, 0.25) is 0 Å². The summed E-state index contributed by atoms with van der Waals surface area (Å²) in [4.78, 5) is 14.0. The van der Waals surface area contributed by atoms with Gasteiger partial charge >= 0.3 is 0 Å². The highest BCUT2D eigenvalue weighted by atomic mass is 16.2. The molecule has 134 valence electrons. The summed E-state index contributed by atoms with van der Waals surface area (Å²) in [6.45, 7) is 4.56. The number of rotatable bonds is 5. The zero-order valence-electron chi connectivity index (χ0n) is 15.4. The van der Waals surface area contributed by atoms with Crippen LogP contribution >= 0.6 is 0 Å². The molecule has 0 spiro atoms. The Morgan fingerprint density at radius 1 is 1.12 bits per heavy atom. The second-order valence-electron chi connectivity index (χ2n) is 6.79. The summed E-state index contributed by atoms with van der Waals surface area (Å²) in [5, 5.41) is 7.09. The second-order valence-corrected chi connectivity index (χ2v) is 6.79. The van der Waals surface area contributed by atoms with Crippen molar-refractivity contribution < 1.29 is 4.79 Å². The summed E-state index contributed by atoms with van der Waals surface area (Å²) >= 11 is 0. The number of nitrogens with zero attached hydrogens (tertiary/aromatic N) is 2. The van der Waals surface area contributed by atoms with Crippen LogP contribution in [0.15, 0.2) is 71.5 Å². The Hall–Kier alpha value is -3.08. The van der Waals surface area contributed by atoms with Crippen molar-refractivity contribution in [3.8, 4) is 0 Å². The second kappa shape index (κ2) is 7.44. The Bertz CT molecular complexity index is 840. The summed E-state index contributed by atoms with van der Waals surface area (Å²) in [6, 6.07) is 18.0. The van der Waals surface area contributed by atoms with Crippen molar-refractivity contribution in [2.24, 2.45) is 5.10 Å². The van der Waals surface area contributed by atoms with Crippen LogP contribution in [0.3, 0.4) is 0 Å². The van der Waals surface area contributed by atoms with Crippen molar-refractivity contribution in [3.63, 3.8) is 0 Å². The van der Waals surface area contributed by atoms with Crippen LogP contribution in [0.5, 0.6) is 0 Å². The molecule has 3 rings (SSSR count). The Balaban J connectivity index is 1.59. The number of fused-ring (bicyclic) bond motifs is 1. The number of carbonyl (C=O) groups is 1. The average molecular weight is 348 g/mol. The molecule has 5 nitrogen and oxygen atoms in total. The van der Waals surface area contributed by atoms with Gasteiger partial charge in [0.25, 0.3) is 5.91 Å². The first-order chi connectivity index (χ1) is 12.5. The Morgan fingerprint density at radius 2 is 1.81 bits per heavy atom. The smallest absolute Gasteiger partial charge is 0.259 e. The monoisotopic (exact) mass is 348 g/mol. The lowest BCUT2D eigenvalue weighted by molar-refractivity contribution is -0.119. The van der Waals surface area contributed by atoms with Gasteiger partial charge in [-0.2, -0.15) is 5.10 Å². The predicted octanol–water partition coefficient (Wildman–Crippen LogP) is 3.51. The lowest BCUT2D eigenvalue weighted by Gasteiger charge is -2.23. The molecule has 0 atom stereocenters. The van der Waals surface area contributed by atoms with Gasteiger partial charge in [-0.1, -0.05) is 50.2 Å². The first kappa shape index (κ1) is 17.7. The van der Waals surface area contributed by atoms with E-state index in [0.29, 0.717) is 0 Å². The molecule has 2 aromatic carbocycles. The molecular formula is C21H24N4O. The fourth-order valence-corrected chi connectivity index (χ4v) is 3.30. The molecule has 0 saturated heterocycles. The fourth-order valence-electron chi connectivity index (χ4n) is 3.30. The minimum atomic E-state index is -0.189. The number of likely N-dealkylation sites (N-methyl/N-ethyl adjacent to an activating group) is 1. The van der Waals surface area contributed by atoms with Crippen molar-refractivity contribution in [2.45, 2.75) is 19.3 Å². The maximum Gasteiger partial charge on any atom is 0.259 e. The lowest BCUT2D eigenvalue weighted by atomic mass is 9.84. The lowest BCUT2D eigenvalue weighted by Crippen LogP contribution is -2.26. The van der Waals surface area contributed by atoms with Gasteiger partial charge < -0.3 is 10.2 Å². The average Bonchev–Trinajstić information content (AvgIpc) is 2.85.